The van der Waals surface area contributed by atoms with Gasteiger partial charge in [0.05, 0.1) is 11.2 Å². The second-order valence-electron chi connectivity index (χ2n) is 8.81. The van der Waals surface area contributed by atoms with Crippen molar-refractivity contribution in [2.45, 2.75) is 105 Å². The monoisotopic (exact) mass is 399 g/mol. The summed E-state index contributed by atoms with van der Waals surface area (Å²) in [5, 5.41) is 0. The molecular formula is C21H37NO6. The first-order chi connectivity index (χ1) is 12.8. The summed E-state index contributed by atoms with van der Waals surface area (Å²) < 4.78 is 0. The van der Waals surface area contributed by atoms with Crippen molar-refractivity contribution in [3.05, 3.63) is 11.1 Å². The highest BCUT2D eigenvalue weighted by Crippen LogP contribution is 2.28. The fourth-order valence-corrected chi connectivity index (χ4v) is 2.20. The molecule has 0 unspecified atom stereocenters. The molecule has 1 aliphatic rings. The van der Waals surface area contributed by atoms with Crippen LogP contribution in [0.4, 0.5) is 0 Å². The van der Waals surface area contributed by atoms with Gasteiger partial charge >= 0.3 is 0 Å². The highest BCUT2D eigenvalue weighted by atomic mass is 17.3. The van der Waals surface area contributed by atoms with Crippen molar-refractivity contribution in [2.75, 3.05) is 6.54 Å². The Morgan fingerprint density at radius 3 is 1.50 bits per heavy atom. The van der Waals surface area contributed by atoms with Gasteiger partial charge < -0.3 is 0 Å². The smallest absolute Gasteiger partial charge is 0.256 e. The topological polar surface area (TPSA) is 74.3 Å². The number of carbonyl (C=O) groups is 2. The molecule has 2 amide bonds. The van der Waals surface area contributed by atoms with Crippen LogP contribution < -0.4 is 0 Å². The van der Waals surface area contributed by atoms with Crippen LogP contribution >= 0.6 is 0 Å². The minimum atomic E-state index is -1.18. The normalized spacial score (nSPS) is 16.5. The van der Waals surface area contributed by atoms with Crippen LogP contribution in [0.25, 0.3) is 0 Å². The van der Waals surface area contributed by atoms with Crippen LogP contribution in [0.2, 0.25) is 0 Å². The van der Waals surface area contributed by atoms with Gasteiger partial charge in [0.2, 0.25) is 5.79 Å². The summed E-state index contributed by atoms with van der Waals surface area (Å²) in [4.78, 5) is 48.1. The third-order valence-electron chi connectivity index (χ3n) is 5.30. The molecule has 0 aromatic rings. The van der Waals surface area contributed by atoms with Gasteiger partial charge in [-0.15, -0.1) is 0 Å². The van der Waals surface area contributed by atoms with E-state index in [9.17, 15) is 9.59 Å². The van der Waals surface area contributed by atoms with E-state index >= 15 is 0 Å². The van der Waals surface area contributed by atoms with Crippen LogP contribution in [-0.2, 0) is 29.1 Å². The summed E-state index contributed by atoms with van der Waals surface area (Å²) in [7, 11) is 0. The van der Waals surface area contributed by atoms with E-state index in [1.165, 1.54) is 4.90 Å². The van der Waals surface area contributed by atoms with Gasteiger partial charge in [0, 0.05) is 24.1 Å². The number of hydrogen-bond acceptors (Lipinski definition) is 6. The van der Waals surface area contributed by atoms with E-state index in [0.29, 0.717) is 24.0 Å². The van der Waals surface area contributed by atoms with E-state index in [2.05, 4.69) is 0 Å². The van der Waals surface area contributed by atoms with E-state index in [4.69, 9.17) is 19.6 Å². The molecule has 7 heteroatoms. The van der Waals surface area contributed by atoms with E-state index < -0.39 is 17.0 Å². The van der Waals surface area contributed by atoms with E-state index in [1.807, 2.05) is 41.5 Å². The number of rotatable bonds is 12. The minimum absolute atomic E-state index is 0.238. The molecule has 0 fully saturated rings. The molecule has 0 saturated carbocycles. The van der Waals surface area contributed by atoms with E-state index in [-0.39, 0.29) is 18.4 Å². The van der Waals surface area contributed by atoms with Gasteiger partial charge in [0.15, 0.2) is 0 Å². The first-order valence-electron chi connectivity index (χ1n) is 10.0. The van der Waals surface area contributed by atoms with Crippen LogP contribution in [0.1, 0.15) is 88.0 Å². The Hall–Kier alpha value is -1.28. The van der Waals surface area contributed by atoms with Crippen LogP contribution in [0.15, 0.2) is 11.1 Å². The molecule has 0 aromatic heterocycles. The van der Waals surface area contributed by atoms with Crippen molar-refractivity contribution >= 4 is 11.8 Å². The molecule has 1 rings (SSSR count). The maximum atomic E-state index is 12.2. The number of hydrogen-bond donors (Lipinski definition) is 0. The maximum absolute atomic E-state index is 12.2. The van der Waals surface area contributed by atoms with Crippen LogP contribution in [0.3, 0.4) is 0 Å². The molecule has 0 spiro atoms. The molecule has 0 bridgehead atoms. The standard InChI is InChI=1S/C21H37NO6/c1-10-19(5,6)25-27-21(9,28-26-20(7,8)11-2)13-12-14-22-17(23)15(3)16(4)18(22)24/h10-14H2,1-9H3. The number of nitrogens with zero attached hydrogens (tertiary/aromatic N) is 1. The summed E-state index contributed by atoms with van der Waals surface area (Å²) in [5.41, 5.74) is 0.0380. The predicted molar refractivity (Wildman–Crippen MR) is 106 cm³/mol. The Balaban J connectivity index is 2.74. The Morgan fingerprint density at radius 2 is 1.14 bits per heavy atom. The van der Waals surface area contributed by atoms with Crippen molar-refractivity contribution in [2.24, 2.45) is 0 Å². The molecule has 1 aliphatic heterocycles. The van der Waals surface area contributed by atoms with E-state index in [0.717, 1.165) is 12.8 Å². The highest BCUT2D eigenvalue weighted by Gasteiger charge is 2.37. The Labute approximate surface area is 169 Å². The molecular weight excluding hydrogens is 362 g/mol. The van der Waals surface area contributed by atoms with Crippen LogP contribution in [0, 0.1) is 0 Å². The molecule has 0 aliphatic carbocycles. The third kappa shape index (κ3) is 6.65. The molecule has 0 radical (unpaired) electrons. The maximum Gasteiger partial charge on any atom is 0.256 e. The lowest BCUT2D eigenvalue weighted by atomic mass is 10.1. The quantitative estimate of drug-likeness (QED) is 0.209. The van der Waals surface area contributed by atoms with Crippen molar-refractivity contribution in [1.82, 2.24) is 4.90 Å². The SMILES string of the molecule is CCC(C)(C)OOC(C)(CCCN1C(=O)C(C)=C(C)C1=O)OOC(C)(C)CC. The van der Waals surface area contributed by atoms with Crippen molar-refractivity contribution in [3.63, 3.8) is 0 Å². The molecule has 0 atom stereocenters. The van der Waals surface area contributed by atoms with Crippen LogP contribution in [0.5, 0.6) is 0 Å². The van der Waals surface area contributed by atoms with Gasteiger partial charge in [-0.05, 0) is 67.7 Å². The minimum Gasteiger partial charge on any atom is -0.275 e. The number of amides is 2. The van der Waals surface area contributed by atoms with Crippen molar-refractivity contribution in [1.29, 1.82) is 0 Å². The zero-order chi connectivity index (χ0) is 21.8. The molecule has 0 aromatic carbocycles. The zero-order valence-corrected chi connectivity index (χ0v) is 18.9. The van der Waals surface area contributed by atoms with E-state index in [1.54, 1.807) is 20.8 Å². The van der Waals surface area contributed by atoms with Crippen molar-refractivity contribution < 1.29 is 29.1 Å². The Kier molecular flexibility index (Phi) is 8.38. The van der Waals surface area contributed by atoms with Gasteiger partial charge in [-0.1, -0.05) is 13.8 Å². The molecule has 0 saturated heterocycles. The van der Waals surface area contributed by atoms with Gasteiger partial charge in [0.1, 0.15) is 0 Å². The average molecular weight is 400 g/mol. The lowest BCUT2D eigenvalue weighted by molar-refractivity contribution is -0.540. The van der Waals surface area contributed by atoms with Gasteiger partial charge in [0.25, 0.3) is 11.8 Å². The summed E-state index contributed by atoms with van der Waals surface area (Å²) in [6, 6.07) is 0. The first-order valence-corrected chi connectivity index (χ1v) is 10.0. The highest BCUT2D eigenvalue weighted by molar-refractivity contribution is 6.18. The van der Waals surface area contributed by atoms with Crippen LogP contribution in [-0.4, -0.2) is 40.2 Å². The second kappa shape index (κ2) is 9.48. The molecule has 7 nitrogen and oxygen atoms in total. The average Bonchev–Trinajstić information content (AvgIpc) is 2.83. The Bertz CT molecular complexity index is 564. The first kappa shape index (κ1) is 24.8. The van der Waals surface area contributed by atoms with Gasteiger partial charge in [-0.2, -0.15) is 9.78 Å². The number of carbonyl (C=O) groups excluding carboxylic acids is 2. The summed E-state index contributed by atoms with van der Waals surface area (Å²) in [6.45, 7) is 17.0. The Morgan fingerprint density at radius 1 is 0.750 bits per heavy atom. The molecule has 0 N–H and O–H groups in total. The second-order valence-corrected chi connectivity index (χ2v) is 8.81. The largest absolute Gasteiger partial charge is 0.275 e. The third-order valence-corrected chi connectivity index (χ3v) is 5.30. The summed E-state index contributed by atoms with van der Waals surface area (Å²) in [5.74, 6) is -1.65. The van der Waals surface area contributed by atoms with Crippen molar-refractivity contribution in [3.8, 4) is 0 Å². The fraction of sp³-hybridized carbons (Fsp3) is 0.810. The number of imide groups is 1. The van der Waals surface area contributed by atoms with Gasteiger partial charge in [-0.3, -0.25) is 14.5 Å². The summed E-state index contributed by atoms with van der Waals surface area (Å²) in [6.07, 6.45) is 2.37. The lowest BCUT2D eigenvalue weighted by Gasteiger charge is -2.34. The summed E-state index contributed by atoms with van der Waals surface area (Å²) >= 11 is 0. The van der Waals surface area contributed by atoms with Gasteiger partial charge in [-0.25, -0.2) is 9.78 Å². The molecule has 162 valence electrons. The molecule has 1 heterocycles. The lowest BCUT2D eigenvalue weighted by Crippen LogP contribution is -2.41. The molecule has 28 heavy (non-hydrogen) atoms. The zero-order valence-electron chi connectivity index (χ0n) is 18.9. The fourth-order valence-electron chi connectivity index (χ4n) is 2.20. The predicted octanol–water partition coefficient (Wildman–Crippen LogP) is 4.46.